The Morgan fingerprint density at radius 3 is 2.81 bits per heavy atom. The number of benzene rings is 2. The molecule has 6 rings (SSSR count). The van der Waals surface area contributed by atoms with Crippen molar-refractivity contribution in [1.82, 2.24) is 29.9 Å². The fourth-order valence-corrected chi connectivity index (χ4v) is 4.79. The van der Waals surface area contributed by atoms with Gasteiger partial charge in [0.15, 0.2) is 0 Å². The molecule has 2 aromatic carbocycles. The maximum absolute atomic E-state index is 13.8. The summed E-state index contributed by atoms with van der Waals surface area (Å²) in [6, 6.07) is 11.1. The van der Waals surface area contributed by atoms with Gasteiger partial charge in [0.2, 0.25) is 0 Å². The summed E-state index contributed by atoms with van der Waals surface area (Å²) >= 11 is 6.26. The van der Waals surface area contributed by atoms with E-state index in [0.29, 0.717) is 22.2 Å². The third-order valence-corrected chi connectivity index (χ3v) is 6.42. The quantitative estimate of drug-likeness (QED) is 0.528. The molecule has 3 atom stereocenters. The van der Waals surface area contributed by atoms with Gasteiger partial charge in [-0.1, -0.05) is 11.6 Å². The number of aromatic nitrogens is 5. The van der Waals surface area contributed by atoms with Crippen LogP contribution in [0.15, 0.2) is 48.8 Å². The van der Waals surface area contributed by atoms with Crippen molar-refractivity contribution in [2.24, 2.45) is 5.92 Å². The SMILES string of the molecule is COc1ccc2[nH]c(C3CC4CC4N3C(=O)c3cc(Cl)ccc3-n3nccn3)nc2c1. The average Bonchev–Trinajstić information content (AvgIpc) is 3.19. The summed E-state index contributed by atoms with van der Waals surface area (Å²) < 4.78 is 5.31. The molecule has 1 amide bonds. The average molecular weight is 435 g/mol. The lowest BCUT2D eigenvalue weighted by Gasteiger charge is -2.27. The Morgan fingerprint density at radius 1 is 1.16 bits per heavy atom. The van der Waals surface area contributed by atoms with Crippen LogP contribution in [0.4, 0.5) is 0 Å². The molecule has 2 fully saturated rings. The maximum Gasteiger partial charge on any atom is 0.257 e. The molecule has 1 saturated carbocycles. The second kappa shape index (κ2) is 6.81. The normalized spacial score (nSPS) is 22.0. The number of carbonyl (C=O) groups is 1. The number of rotatable bonds is 4. The van der Waals surface area contributed by atoms with E-state index in [4.69, 9.17) is 21.3 Å². The van der Waals surface area contributed by atoms with Crippen LogP contribution >= 0.6 is 11.6 Å². The van der Waals surface area contributed by atoms with Gasteiger partial charge in [-0.3, -0.25) is 4.79 Å². The summed E-state index contributed by atoms with van der Waals surface area (Å²) in [6.45, 7) is 0. The number of piperidine rings is 1. The van der Waals surface area contributed by atoms with Gasteiger partial charge in [-0.05, 0) is 49.1 Å². The predicted molar refractivity (Wildman–Crippen MR) is 114 cm³/mol. The molecule has 0 spiro atoms. The fraction of sp³-hybridized carbons (Fsp3) is 0.273. The van der Waals surface area contributed by atoms with Gasteiger partial charge < -0.3 is 14.6 Å². The predicted octanol–water partition coefficient (Wildman–Crippen LogP) is 3.78. The lowest BCUT2D eigenvalue weighted by molar-refractivity contribution is 0.0692. The minimum atomic E-state index is -0.118. The lowest BCUT2D eigenvalue weighted by atomic mass is 10.1. The molecule has 8 nitrogen and oxygen atoms in total. The highest BCUT2D eigenvalue weighted by atomic mass is 35.5. The van der Waals surface area contributed by atoms with Gasteiger partial charge in [0.1, 0.15) is 11.6 Å². The molecule has 31 heavy (non-hydrogen) atoms. The van der Waals surface area contributed by atoms with Gasteiger partial charge in [-0.2, -0.15) is 15.0 Å². The molecule has 9 heteroatoms. The first-order valence-corrected chi connectivity index (χ1v) is 10.5. The van der Waals surface area contributed by atoms with Crippen molar-refractivity contribution in [3.05, 3.63) is 65.2 Å². The minimum absolute atomic E-state index is 0.0807. The Morgan fingerprint density at radius 2 is 2.00 bits per heavy atom. The van der Waals surface area contributed by atoms with Gasteiger partial charge in [0, 0.05) is 17.1 Å². The number of amides is 1. The Kier molecular flexibility index (Phi) is 4.04. The van der Waals surface area contributed by atoms with Gasteiger partial charge in [0.25, 0.3) is 5.91 Å². The van der Waals surface area contributed by atoms with Crippen LogP contribution in [-0.2, 0) is 0 Å². The van der Waals surface area contributed by atoms with Gasteiger partial charge in [-0.25, -0.2) is 4.98 Å². The van der Waals surface area contributed by atoms with E-state index >= 15 is 0 Å². The zero-order chi connectivity index (χ0) is 21.1. The number of imidazole rings is 1. The molecular weight excluding hydrogens is 416 g/mol. The van der Waals surface area contributed by atoms with Crippen LogP contribution in [0.2, 0.25) is 5.02 Å². The molecule has 1 N–H and O–H groups in total. The highest BCUT2D eigenvalue weighted by Gasteiger charge is 2.55. The number of halogens is 1. The smallest absolute Gasteiger partial charge is 0.257 e. The molecule has 1 aliphatic carbocycles. The number of H-pyrrole nitrogens is 1. The van der Waals surface area contributed by atoms with Crippen LogP contribution in [0.1, 0.15) is 35.1 Å². The Labute approximate surface area is 182 Å². The van der Waals surface area contributed by atoms with E-state index in [0.717, 1.165) is 35.4 Å². The number of nitrogens with zero attached hydrogens (tertiary/aromatic N) is 5. The van der Waals surface area contributed by atoms with Crippen LogP contribution in [0.25, 0.3) is 16.7 Å². The largest absolute Gasteiger partial charge is 0.497 e. The van der Waals surface area contributed by atoms with E-state index in [9.17, 15) is 4.79 Å². The number of aromatic amines is 1. The molecule has 4 aromatic rings. The Balaban J connectivity index is 1.40. The maximum atomic E-state index is 13.8. The first-order chi connectivity index (χ1) is 15.1. The van der Waals surface area contributed by atoms with Crippen molar-refractivity contribution >= 4 is 28.5 Å². The topological polar surface area (TPSA) is 88.9 Å². The number of carbonyl (C=O) groups excluding carboxylic acids is 1. The molecule has 0 radical (unpaired) electrons. The minimum Gasteiger partial charge on any atom is -0.497 e. The molecule has 156 valence electrons. The zero-order valence-corrected chi connectivity index (χ0v) is 17.5. The van der Waals surface area contributed by atoms with E-state index in [2.05, 4.69) is 15.2 Å². The molecule has 3 unspecified atom stereocenters. The Bertz CT molecular complexity index is 1300. The number of fused-ring (bicyclic) bond motifs is 2. The second-order valence-electron chi connectivity index (χ2n) is 8.01. The highest BCUT2D eigenvalue weighted by Crippen LogP contribution is 2.53. The molecule has 1 aliphatic heterocycles. The summed E-state index contributed by atoms with van der Waals surface area (Å²) in [5.41, 5.74) is 2.84. The zero-order valence-electron chi connectivity index (χ0n) is 16.7. The number of ether oxygens (including phenoxy) is 1. The molecule has 2 aromatic heterocycles. The van der Waals surface area contributed by atoms with Crippen molar-refractivity contribution in [3.8, 4) is 11.4 Å². The van der Waals surface area contributed by atoms with Crippen molar-refractivity contribution in [3.63, 3.8) is 0 Å². The molecule has 1 saturated heterocycles. The summed E-state index contributed by atoms with van der Waals surface area (Å²) in [4.78, 5) is 25.4. The molecule has 3 heterocycles. The van der Waals surface area contributed by atoms with Crippen LogP contribution in [0.3, 0.4) is 0 Å². The lowest BCUT2D eigenvalue weighted by Crippen LogP contribution is -2.35. The third kappa shape index (κ3) is 2.97. The highest BCUT2D eigenvalue weighted by molar-refractivity contribution is 6.31. The van der Waals surface area contributed by atoms with Gasteiger partial charge >= 0.3 is 0 Å². The van der Waals surface area contributed by atoms with Crippen molar-refractivity contribution in [2.45, 2.75) is 24.9 Å². The molecule has 2 aliphatic rings. The number of likely N-dealkylation sites (tertiary alicyclic amines) is 1. The van der Waals surface area contributed by atoms with Crippen molar-refractivity contribution < 1.29 is 9.53 Å². The second-order valence-corrected chi connectivity index (χ2v) is 8.45. The van der Waals surface area contributed by atoms with Crippen LogP contribution in [0.5, 0.6) is 5.75 Å². The van der Waals surface area contributed by atoms with Gasteiger partial charge in [0.05, 0.1) is 47.8 Å². The van der Waals surface area contributed by atoms with Crippen LogP contribution in [0, 0.1) is 5.92 Å². The van der Waals surface area contributed by atoms with E-state index < -0.39 is 0 Å². The first kappa shape index (κ1) is 18.4. The fourth-order valence-electron chi connectivity index (χ4n) is 4.62. The third-order valence-electron chi connectivity index (χ3n) is 6.19. The first-order valence-electron chi connectivity index (χ1n) is 10.1. The van der Waals surface area contributed by atoms with Crippen LogP contribution < -0.4 is 4.74 Å². The van der Waals surface area contributed by atoms with E-state index in [-0.39, 0.29) is 18.0 Å². The van der Waals surface area contributed by atoms with E-state index in [1.165, 1.54) is 4.80 Å². The Hall–Kier alpha value is -3.39. The summed E-state index contributed by atoms with van der Waals surface area (Å²) in [5, 5.41) is 8.90. The van der Waals surface area contributed by atoms with Crippen LogP contribution in [-0.4, -0.2) is 48.9 Å². The summed E-state index contributed by atoms with van der Waals surface area (Å²) in [5.74, 6) is 1.97. The van der Waals surface area contributed by atoms with E-state index in [1.807, 2.05) is 23.1 Å². The van der Waals surface area contributed by atoms with Gasteiger partial charge in [-0.15, -0.1) is 0 Å². The van der Waals surface area contributed by atoms with Crippen molar-refractivity contribution in [2.75, 3.05) is 7.11 Å². The number of hydrogen-bond donors (Lipinski definition) is 1. The standard InChI is InChI=1S/C22H19ClN6O2/c1-31-14-3-4-16-17(11-14)27-21(26-16)20-9-12-8-19(12)28(20)22(30)15-10-13(23)2-5-18(15)29-24-6-7-25-29/h2-7,10-12,19-20H,8-9H2,1H3,(H,26,27). The number of methoxy groups -OCH3 is 1. The summed E-state index contributed by atoms with van der Waals surface area (Å²) in [6.07, 6.45) is 5.08. The molecular formula is C22H19ClN6O2. The number of nitrogens with one attached hydrogen (secondary N) is 1. The van der Waals surface area contributed by atoms with E-state index in [1.54, 1.807) is 37.7 Å². The summed E-state index contributed by atoms with van der Waals surface area (Å²) in [7, 11) is 1.64. The monoisotopic (exact) mass is 434 g/mol. The van der Waals surface area contributed by atoms with Crippen molar-refractivity contribution in [1.29, 1.82) is 0 Å². The molecule has 0 bridgehead atoms. The number of hydrogen-bond acceptors (Lipinski definition) is 5.